The van der Waals surface area contributed by atoms with Crippen LogP contribution in [0.15, 0.2) is 54.9 Å². The van der Waals surface area contributed by atoms with Gasteiger partial charge in [0, 0.05) is 47.7 Å². The van der Waals surface area contributed by atoms with Crippen molar-refractivity contribution in [1.29, 1.82) is 0 Å². The van der Waals surface area contributed by atoms with Crippen molar-refractivity contribution in [2.45, 2.75) is 51.6 Å². The number of fused-ring (bicyclic) bond motifs is 2. The predicted molar refractivity (Wildman–Crippen MR) is 135 cm³/mol. The van der Waals surface area contributed by atoms with Crippen LogP contribution in [0.5, 0.6) is 5.75 Å². The fraction of sp³-hybridized carbons (Fsp3) is 0.393. The molecule has 0 spiro atoms. The Morgan fingerprint density at radius 1 is 1.03 bits per heavy atom. The average Bonchev–Trinajstić information content (AvgIpc) is 3.60. The highest BCUT2D eigenvalue weighted by atomic mass is 16.5. The number of hydrogen-bond acceptors (Lipinski definition) is 5. The van der Waals surface area contributed by atoms with Gasteiger partial charge in [-0.05, 0) is 81.1 Å². The SMILES string of the molecule is CCN1CCCC1CCOc1ccc2c(-c3c(-c4ccccn4)nn4c3CCC4)ccnc2c1. The number of pyridine rings is 2. The Morgan fingerprint density at radius 3 is 2.88 bits per heavy atom. The van der Waals surface area contributed by atoms with E-state index in [0.29, 0.717) is 6.04 Å². The van der Waals surface area contributed by atoms with Gasteiger partial charge in [0.25, 0.3) is 0 Å². The van der Waals surface area contributed by atoms with E-state index in [9.17, 15) is 0 Å². The van der Waals surface area contributed by atoms with Gasteiger partial charge in [-0.3, -0.25) is 14.6 Å². The van der Waals surface area contributed by atoms with Gasteiger partial charge >= 0.3 is 0 Å². The second kappa shape index (κ2) is 9.18. The Kier molecular flexibility index (Phi) is 5.75. The van der Waals surface area contributed by atoms with Crippen molar-refractivity contribution in [3.63, 3.8) is 0 Å². The van der Waals surface area contributed by atoms with Gasteiger partial charge in [0.15, 0.2) is 0 Å². The van der Waals surface area contributed by atoms with Gasteiger partial charge in [0.1, 0.15) is 11.4 Å². The Balaban J connectivity index is 1.31. The summed E-state index contributed by atoms with van der Waals surface area (Å²) in [7, 11) is 0. The van der Waals surface area contributed by atoms with E-state index in [1.54, 1.807) is 0 Å². The highest BCUT2D eigenvalue weighted by Crippen LogP contribution is 2.40. The molecule has 0 amide bonds. The number of hydrogen-bond donors (Lipinski definition) is 0. The molecule has 2 aliphatic rings. The van der Waals surface area contributed by atoms with E-state index in [1.807, 2.05) is 30.6 Å². The molecule has 0 aliphatic carbocycles. The van der Waals surface area contributed by atoms with Gasteiger partial charge in [0.05, 0.1) is 17.8 Å². The summed E-state index contributed by atoms with van der Waals surface area (Å²) < 4.78 is 8.33. The molecule has 1 saturated heterocycles. The Labute approximate surface area is 200 Å². The molecule has 6 rings (SSSR count). The van der Waals surface area contributed by atoms with Gasteiger partial charge in [-0.2, -0.15) is 5.10 Å². The highest BCUT2D eigenvalue weighted by molar-refractivity contribution is 5.99. The maximum Gasteiger partial charge on any atom is 0.121 e. The first-order valence-corrected chi connectivity index (χ1v) is 12.6. The highest BCUT2D eigenvalue weighted by Gasteiger charge is 2.26. The molecule has 6 nitrogen and oxygen atoms in total. The van der Waals surface area contributed by atoms with Gasteiger partial charge < -0.3 is 9.64 Å². The van der Waals surface area contributed by atoms with Crippen molar-refractivity contribution in [2.75, 3.05) is 19.7 Å². The first-order valence-electron chi connectivity index (χ1n) is 12.6. The Bertz CT molecular complexity index is 1300. The topological polar surface area (TPSA) is 56.1 Å². The van der Waals surface area contributed by atoms with Crippen molar-refractivity contribution >= 4 is 10.9 Å². The van der Waals surface area contributed by atoms with Crippen LogP contribution in [0.4, 0.5) is 0 Å². The molecule has 6 heteroatoms. The van der Waals surface area contributed by atoms with Crippen molar-refractivity contribution < 1.29 is 4.74 Å². The summed E-state index contributed by atoms with van der Waals surface area (Å²) in [5.74, 6) is 0.892. The molecule has 0 radical (unpaired) electrons. The molecule has 0 bridgehead atoms. The van der Waals surface area contributed by atoms with Crippen LogP contribution in [0.1, 0.15) is 38.3 Å². The lowest BCUT2D eigenvalue weighted by Gasteiger charge is -2.22. The van der Waals surface area contributed by atoms with E-state index in [-0.39, 0.29) is 0 Å². The zero-order valence-corrected chi connectivity index (χ0v) is 19.8. The number of benzene rings is 1. The lowest BCUT2D eigenvalue weighted by Crippen LogP contribution is -2.30. The molecule has 34 heavy (non-hydrogen) atoms. The molecule has 0 N–H and O–H groups in total. The largest absolute Gasteiger partial charge is 0.493 e. The Hall–Kier alpha value is -3.25. The minimum Gasteiger partial charge on any atom is -0.493 e. The van der Waals surface area contributed by atoms with E-state index < -0.39 is 0 Å². The summed E-state index contributed by atoms with van der Waals surface area (Å²) in [5.41, 5.74) is 6.49. The summed E-state index contributed by atoms with van der Waals surface area (Å²) in [5, 5.41) is 6.09. The van der Waals surface area contributed by atoms with Crippen molar-refractivity contribution in [3.05, 3.63) is 60.6 Å². The Morgan fingerprint density at radius 2 is 2.00 bits per heavy atom. The number of ether oxygens (including phenoxy) is 1. The number of rotatable bonds is 7. The molecule has 1 atom stereocenters. The fourth-order valence-corrected chi connectivity index (χ4v) is 5.68. The number of aromatic nitrogens is 4. The van der Waals surface area contributed by atoms with E-state index in [2.05, 4.69) is 50.7 Å². The lowest BCUT2D eigenvalue weighted by molar-refractivity contribution is 0.212. The van der Waals surface area contributed by atoms with Crippen molar-refractivity contribution in [3.8, 4) is 28.3 Å². The molecular weight excluding hydrogens is 422 g/mol. The molecule has 1 fully saturated rings. The lowest BCUT2D eigenvalue weighted by atomic mass is 9.96. The summed E-state index contributed by atoms with van der Waals surface area (Å²) in [4.78, 5) is 11.9. The molecular formula is C28H31N5O. The van der Waals surface area contributed by atoms with Crippen LogP contribution < -0.4 is 4.74 Å². The number of likely N-dealkylation sites (tertiary alicyclic amines) is 1. The second-order valence-electron chi connectivity index (χ2n) is 9.31. The third kappa shape index (κ3) is 3.86. The van der Waals surface area contributed by atoms with Crippen LogP contribution in [-0.2, 0) is 13.0 Å². The van der Waals surface area contributed by atoms with Crippen LogP contribution in [0.25, 0.3) is 33.4 Å². The van der Waals surface area contributed by atoms with Crippen LogP contribution in [0.2, 0.25) is 0 Å². The van der Waals surface area contributed by atoms with Crippen molar-refractivity contribution in [2.24, 2.45) is 0 Å². The standard InChI is InChI=1S/C28H31N5O/c1-2-32-16-5-7-20(32)13-18-34-21-10-11-22-23(12-15-30-25(22)19-21)27-26-9-6-17-33(26)31-28(27)24-8-3-4-14-29-24/h3-4,8,10-12,14-15,19-20H,2,5-7,9,13,16-18H2,1H3. The van der Waals surface area contributed by atoms with Gasteiger partial charge in [-0.15, -0.1) is 0 Å². The van der Waals surface area contributed by atoms with E-state index in [4.69, 9.17) is 9.84 Å². The first-order chi connectivity index (χ1) is 16.8. The molecule has 3 aromatic heterocycles. The van der Waals surface area contributed by atoms with Gasteiger partial charge in [-0.25, -0.2) is 0 Å². The molecule has 1 unspecified atom stereocenters. The van der Waals surface area contributed by atoms with E-state index >= 15 is 0 Å². The minimum atomic E-state index is 0.657. The molecule has 2 aliphatic heterocycles. The molecule has 4 aromatic rings. The van der Waals surface area contributed by atoms with Crippen LogP contribution >= 0.6 is 0 Å². The quantitative estimate of drug-likeness (QED) is 0.377. The molecule has 1 aromatic carbocycles. The third-order valence-electron chi connectivity index (χ3n) is 7.36. The van der Waals surface area contributed by atoms with Crippen LogP contribution in [0.3, 0.4) is 0 Å². The second-order valence-corrected chi connectivity index (χ2v) is 9.31. The third-order valence-corrected chi connectivity index (χ3v) is 7.36. The van der Waals surface area contributed by atoms with E-state index in [0.717, 1.165) is 67.0 Å². The zero-order chi connectivity index (χ0) is 22.9. The summed E-state index contributed by atoms with van der Waals surface area (Å²) in [6.07, 6.45) is 9.58. The predicted octanol–water partition coefficient (Wildman–Crippen LogP) is 5.36. The summed E-state index contributed by atoms with van der Waals surface area (Å²) in [6.45, 7) is 6.32. The first kappa shape index (κ1) is 21.3. The van der Waals surface area contributed by atoms with Crippen molar-refractivity contribution in [1.82, 2.24) is 24.6 Å². The summed E-state index contributed by atoms with van der Waals surface area (Å²) >= 11 is 0. The average molecular weight is 454 g/mol. The smallest absolute Gasteiger partial charge is 0.121 e. The van der Waals surface area contributed by atoms with Gasteiger partial charge in [-0.1, -0.05) is 13.0 Å². The number of aryl methyl sites for hydroxylation is 1. The molecule has 0 saturated carbocycles. The minimum absolute atomic E-state index is 0.657. The van der Waals surface area contributed by atoms with E-state index in [1.165, 1.54) is 36.2 Å². The van der Waals surface area contributed by atoms with Crippen LogP contribution in [-0.4, -0.2) is 50.4 Å². The number of nitrogens with zero attached hydrogens (tertiary/aromatic N) is 5. The van der Waals surface area contributed by atoms with Gasteiger partial charge in [0.2, 0.25) is 0 Å². The zero-order valence-electron chi connectivity index (χ0n) is 19.8. The monoisotopic (exact) mass is 453 g/mol. The summed E-state index contributed by atoms with van der Waals surface area (Å²) in [6, 6.07) is 15.1. The molecule has 174 valence electrons. The maximum atomic E-state index is 6.17. The maximum absolute atomic E-state index is 6.17. The van der Waals surface area contributed by atoms with Crippen LogP contribution in [0, 0.1) is 0 Å². The fourth-order valence-electron chi connectivity index (χ4n) is 5.68. The molecule has 5 heterocycles. The normalized spacial score (nSPS) is 18.0.